The van der Waals surface area contributed by atoms with E-state index in [1.165, 1.54) is 5.56 Å². The fourth-order valence-electron chi connectivity index (χ4n) is 2.23. The normalized spacial score (nSPS) is 13.3. The number of aromatic nitrogens is 2. The molecular weight excluding hydrogens is 242 g/mol. The summed E-state index contributed by atoms with van der Waals surface area (Å²) in [6, 6.07) is 6.23. The van der Waals surface area contributed by atoms with E-state index in [9.17, 15) is 5.11 Å². The summed E-state index contributed by atoms with van der Waals surface area (Å²) in [5.41, 5.74) is 3.27. The molecule has 1 unspecified atom stereocenters. The molecule has 1 aromatic carbocycles. The van der Waals surface area contributed by atoms with Crippen molar-refractivity contribution in [3.63, 3.8) is 0 Å². The summed E-state index contributed by atoms with van der Waals surface area (Å²) in [5, 5.41) is 18.2. The molecule has 1 atom stereocenters. The van der Waals surface area contributed by atoms with Gasteiger partial charge >= 0.3 is 0 Å². The van der Waals surface area contributed by atoms with Crippen molar-refractivity contribution in [1.82, 2.24) is 14.9 Å². The van der Waals surface area contributed by atoms with Crippen LogP contribution in [-0.4, -0.2) is 57.9 Å². The van der Waals surface area contributed by atoms with Gasteiger partial charge in [-0.15, -0.1) is 0 Å². The molecule has 0 radical (unpaired) electrons. The second-order valence-electron chi connectivity index (χ2n) is 4.83. The zero-order valence-electron chi connectivity index (χ0n) is 11.2. The molecule has 5 heteroatoms. The molecule has 0 saturated carbocycles. The van der Waals surface area contributed by atoms with Crippen molar-refractivity contribution in [2.75, 3.05) is 26.8 Å². The first-order valence-corrected chi connectivity index (χ1v) is 6.58. The Kier molecular flexibility index (Phi) is 4.90. The average Bonchev–Trinajstić information content (AvgIpc) is 2.89. The van der Waals surface area contributed by atoms with Crippen LogP contribution in [0.15, 0.2) is 24.5 Å². The maximum atomic E-state index is 9.27. The number of H-pyrrole nitrogens is 1. The third-order valence-corrected chi connectivity index (χ3v) is 3.53. The van der Waals surface area contributed by atoms with Crippen LogP contribution in [0.5, 0.6) is 0 Å². The highest BCUT2D eigenvalue weighted by atomic mass is 16.3. The van der Waals surface area contributed by atoms with Crippen LogP contribution < -0.4 is 0 Å². The van der Waals surface area contributed by atoms with Crippen LogP contribution in [0.1, 0.15) is 12.0 Å². The van der Waals surface area contributed by atoms with Crippen molar-refractivity contribution in [1.29, 1.82) is 0 Å². The Bertz CT molecular complexity index is 512. The van der Waals surface area contributed by atoms with E-state index in [0.29, 0.717) is 6.42 Å². The van der Waals surface area contributed by atoms with Crippen LogP contribution in [0.2, 0.25) is 0 Å². The predicted molar refractivity (Wildman–Crippen MR) is 75.0 cm³/mol. The van der Waals surface area contributed by atoms with Crippen LogP contribution in [0.25, 0.3) is 11.0 Å². The van der Waals surface area contributed by atoms with Crippen molar-refractivity contribution >= 4 is 11.0 Å². The molecule has 1 aromatic heterocycles. The highest BCUT2D eigenvalue weighted by Gasteiger charge is 2.12. The Labute approximate surface area is 112 Å². The molecule has 3 N–H and O–H groups in total. The standard InChI is InChI=1S/C14H21N3O2/c1-17(12(9-19)5-7-18)6-4-11-2-3-13-14(8-11)16-10-15-13/h2-3,8,10,12,18-19H,4-7,9H2,1H3,(H,15,16). The Hall–Kier alpha value is -1.43. The first-order chi connectivity index (χ1) is 9.24. The van der Waals surface area contributed by atoms with E-state index in [1.807, 2.05) is 13.1 Å². The summed E-state index contributed by atoms with van der Waals surface area (Å²) in [4.78, 5) is 9.39. The van der Waals surface area contributed by atoms with Gasteiger partial charge in [-0.1, -0.05) is 6.07 Å². The van der Waals surface area contributed by atoms with Gasteiger partial charge in [0.25, 0.3) is 0 Å². The number of aromatic amines is 1. The van der Waals surface area contributed by atoms with Crippen molar-refractivity contribution < 1.29 is 10.2 Å². The third kappa shape index (κ3) is 3.53. The molecule has 1 heterocycles. The van der Waals surface area contributed by atoms with E-state index in [-0.39, 0.29) is 19.3 Å². The quantitative estimate of drug-likeness (QED) is 0.690. The molecule has 0 fully saturated rings. The Balaban J connectivity index is 1.93. The zero-order chi connectivity index (χ0) is 13.7. The highest BCUT2D eigenvalue weighted by molar-refractivity contribution is 5.75. The van der Waals surface area contributed by atoms with Gasteiger partial charge in [0.1, 0.15) is 0 Å². The van der Waals surface area contributed by atoms with Crippen LogP contribution >= 0.6 is 0 Å². The van der Waals surface area contributed by atoms with Gasteiger partial charge in [0, 0.05) is 19.2 Å². The average molecular weight is 263 g/mol. The minimum atomic E-state index is 0.0286. The maximum Gasteiger partial charge on any atom is 0.0931 e. The van der Waals surface area contributed by atoms with Gasteiger partial charge in [-0.3, -0.25) is 0 Å². The van der Waals surface area contributed by atoms with E-state index in [4.69, 9.17) is 5.11 Å². The minimum absolute atomic E-state index is 0.0286. The molecule has 0 spiro atoms. The molecule has 104 valence electrons. The van der Waals surface area contributed by atoms with Gasteiger partial charge in [-0.25, -0.2) is 4.98 Å². The number of aliphatic hydroxyl groups is 2. The van der Waals surface area contributed by atoms with Gasteiger partial charge in [0.05, 0.1) is 24.0 Å². The molecule has 0 saturated heterocycles. The van der Waals surface area contributed by atoms with E-state index >= 15 is 0 Å². The minimum Gasteiger partial charge on any atom is -0.396 e. The molecule has 2 rings (SSSR count). The molecule has 0 aliphatic heterocycles. The second-order valence-corrected chi connectivity index (χ2v) is 4.83. The van der Waals surface area contributed by atoms with Crippen molar-refractivity contribution in [2.45, 2.75) is 18.9 Å². The first-order valence-electron chi connectivity index (χ1n) is 6.58. The SMILES string of the molecule is CN(CCc1ccc2nc[nH]c2c1)C(CO)CCO. The van der Waals surface area contributed by atoms with Crippen LogP contribution in [0.3, 0.4) is 0 Å². The summed E-state index contributed by atoms with van der Waals surface area (Å²) in [6.45, 7) is 1.04. The summed E-state index contributed by atoms with van der Waals surface area (Å²) >= 11 is 0. The summed E-state index contributed by atoms with van der Waals surface area (Å²) < 4.78 is 0. The van der Waals surface area contributed by atoms with E-state index < -0.39 is 0 Å². The van der Waals surface area contributed by atoms with Crippen LogP contribution in [0.4, 0.5) is 0 Å². The van der Waals surface area contributed by atoms with E-state index in [2.05, 4.69) is 27.0 Å². The van der Waals surface area contributed by atoms with E-state index in [0.717, 1.165) is 24.0 Å². The topological polar surface area (TPSA) is 72.4 Å². The Morgan fingerprint density at radius 2 is 2.21 bits per heavy atom. The largest absolute Gasteiger partial charge is 0.396 e. The van der Waals surface area contributed by atoms with Crippen molar-refractivity contribution in [3.8, 4) is 0 Å². The Morgan fingerprint density at radius 1 is 1.37 bits per heavy atom. The Morgan fingerprint density at radius 3 is 2.95 bits per heavy atom. The lowest BCUT2D eigenvalue weighted by molar-refractivity contribution is 0.120. The molecule has 2 aromatic rings. The molecular formula is C14H21N3O2. The van der Waals surface area contributed by atoms with Gasteiger partial charge in [-0.05, 0) is 37.6 Å². The maximum absolute atomic E-state index is 9.27. The lowest BCUT2D eigenvalue weighted by Gasteiger charge is -2.25. The summed E-state index contributed by atoms with van der Waals surface area (Å²) in [5.74, 6) is 0. The predicted octanol–water partition coefficient (Wildman–Crippen LogP) is 0.780. The molecule has 0 bridgehead atoms. The lowest BCUT2D eigenvalue weighted by Crippen LogP contribution is -2.36. The first kappa shape index (κ1) is 14.0. The number of likely N-dealkylation sites (N-methyl/N-ethyl adjacent to an activating group) is 1. The number of nitrogens with zero attached hydrogens (tertiary/aromatic N) is 2. The molecule has 5 nitrogen and oxygen atoms in total. The number of imidazole rings is 1. The number of rotatable bonds is 7. The number of hydrogen-bond acceptors (Lipinski definition) is 4. The van der Waals surface area contributed by atoms with Crippen molar-refractivity contribution in [3.05, 3.63) is 30.1 Å². The van der Waals surface area contributed by atoms with Gasteiger partial charge in [-0.2, -0.15) is 0 Å². The third-order valence-electron chi connectivity index (χ3n) is 3.53. The molecule has 0 aliphatic rings. The highest BCUT2D eigenvalue weighted by Crippen LogP contribution is 2.13. The zero-order valence-corrected chi connectivity index (χ0v) is 11.2. The van der Waals surface area contributed by atoms with E-state index in [1.54, 1.807) is 6.33 Å². The van der Waals surface area contributed by atoms with Crippen LogP contribution in [-0.2, 0) is 6.42 Å². The molecule has 0 amide bonds. The number of fused-ring (bicyclic) bond motifs is 1. The van der Waals surface area contributed by atoms with Crippen LogP contribution in [0, 0.1) is 0 Å². The smallest absolute Gasteiger partial charge is 0.0931 e. The summed E-state index contributed by atoms with van der Waals surface area (Å²) in [7, 11) is 1.98. The van der Waals surface area contributed by atoms with Gasteiger partial charge in [0.2, 0.25) is 0 Å². The fraction of sp³-hybridized carbons (Fsp3) is 0.500. The lowest BCUT2D eigenvalue weighted by atomic mass is 10.1. The number of nitrogens with one attached hydrogen (secondary N) is 1. The van der Waals surface area contributed by atoms with Crippen molar-refractivity contribution in [2.24, 2.45) is 0 Å². The second kappa shape index (κ2) is 6.65. The summed E-state index contributed by atoms with van der Waals surface area (Å²) in [6.07, 6.45) is 3.21. The van der Waals surface area contributed by atoms with Gasteiger partial charge < -0.3 is 20.1 Å². The monoisotopic (exact) mass is 263 g/mol. The number of aliphatic hydroxyl groups excluding tert-OH is 2. The van der Waals surface area contributed by atoms with Gasteiger partial charge in [0.15, 0.2) is 0 Å². The fourth-order valence-corrected chi connectivity index (χ4v) is 2.23. The number of hydrogen-bond donors (Lipinski definition) is 3. The molecule has 0 aliphatic carbocycles. The number of benzene rings is 1. The molecule has 19 heavy (non-hydrogen) atoms.